The molecule has 3 rings (SSSR count). The highest BCUT2D eigenvalue weighted by Crippen LogP contribution is 2.23. The van der Waals surface area contributed by atoms with Gasteiger partial charge in [0.1, 0.15) is 0 Å². The van der Waals surface area contributed by atoms with Crippen LogP contribution in [-0.2, 0) is 15.0 Å². The largest absolute Gasteiger partial charge is 0.353 e. The molecule has 0 bridgehead atoms. The maximum atomic E-state index is 12.4. The second kappa shape index (κ2) is 8.97. The SMILES string of the molecule is CC(C)(C)c1ccc(C(=O)NCCC(=O)N2CCC(C(=O)NC3CC3)CC2)cc1. The molecular weight excluding hydrogens is 366 g/mol. The number of likely N-dealkylation sites (tertiary alicyclic amines) is 1. The van der Waals surface area contributed by atoms with Gasteiger partial charge in [0, 0.05) is 43.6 Å². The summed E-state index contributed by atoms with van der Waals surface area (Å²) in [6, 6.07) is 7.99. The molecule has 6 heteroatoms. The summed E-state index contributed by atoms with van der Waals surface area (Å²) in [5.41, 5.74) is 1.83. The topological polar surface area (TPSA) is 78.5 Å². The molecule has 29 heavy (non-hydrogen) atoms. The lowest BCUT2D eigenvalue weighted by molar-refractivity contribution is -0.135. The van der Waals surface area contributed by atoms with Crippen molar-refractivity contribution >= 4 is 17.7 Å². The average molecular weight is 400 g/mol. The van der Waals surface area contributed by atoms with E-state index < -0.39 is 0 Å². The molecule has 6 nitrogen and oxygen atoms in total. The number of hydrogen-bond acceptors (Lipinski definition) is 3. The van der Waals surface area contributed by atoms with E-state index in [0.717, 1.165) is 25.7 Å². The molecule has 0 spiro atoms. The number of nitrogens with one attached hydrogen (secondary N) is 2. The maximum absolute atomic E-state index is 12.4. The predicted molar refractivity (Wildman–Crippen MR) is 113 cm³/mol. The van der Waals surface area contributed by atoms with Crippen LogP contribution in [0.15, 0.2) is 24.3 Å². The molecule has 1 aliphatic heterocycles. The van der Waals surface area contributed by atoms with E-state index in [0.29, 0.717) is 31.2 Å². The molecule has 1 heterocycles. The number of amides is 3. The van der Waals surface area contributed by atoms with E-state index in [1.54, 1.807) is 0 Å². The zero-order chi connectivity index (χ0) is 21.0. The highest BCUT2D eigenvalue weighted by molar-refractivity contribution is 5.94. The Balaban J connectivity index is 1.37. The van der Waals surface area contributed by atoms with Crippen LogP contribution >= 0.6 is 0 Å². The molecule has 3 amide bonds. The minimum absolute atomic E-state index is 0.0235. The third-order valence-electron chi connectivity index (χ3n) is 5.78. The van der Waals surface area contributed by atoms with Gasteiger partial charge in [-0.25, -0.2) is 0 Å². The zero-order valence-corrected chi connectivity index (χ0v) is 17.8. The first kappa shape index (κ1) is 21.3. The van der Waals surface area contributed by atoms with Gasteiger partial charge in [-0.3, -0.25) is 14.4 Å². The van der Waals surface area contributed by atoms with Gasteiger partial charge in [-0.1, -0.05) is 32.9 Å². The smallest absolute Gasteiger partial charge is 0.251 e. The lowest BCUT2D eigenvalue weighted by Crippen LogP contribution is -2.44. The van der Waals surface area contributed by atoms with Crippen LogP contribution in [0.4, 0.5) is 0 Å². The summed E-state index contributed by atoms with van der Waals surface area (Å²) in [6.45, 7) is 7.95. The van der Waals surface area contributed by atoms with Crippen LogP contribution in [0.1, 0.15) is 68.8 Å². The number of benzene rings is 1. The number of carbonyl (C=O) groups is 3. The molecule has 0 atom stereocenters. The highest BCUT2D eigenvalue weighted by atomic mass is 16.2. The Morgan fingerprint density at radius 2 is 1.62 bits per heavy atom. The van der Waals surface area contributed by atoms with Crippen molar-refractivity contribution in [3.63, 3.8) is 0 Å². The van der Waals surface area contributed by atoms with Crippen LogP contribution in [0.5, 0.6) is 0 Å². The fourth-order valence-corrected chi connectivity index (χ4v) is 3.60. The van der Waals surface area contributed by atoms with Crippen LogP contribution in [0.25, 0.3) is 0 Å². The fraction of sp³-hybridized carbons (Fsp3) is 0.609. The van der Waals surface area contributed by atoms with E-state index >= 15 is 0 Å². The van der Waals surface area contributed by atoms with Crippen molar-refractivity contribution in [3.05, 3.63) is 35.4 Å². The monoisotopic (exact) mass is 399 g/mol. The van der Waals surface area contributed by atoms with Crippen molar-refractivity contribution in [2.45, 2.75) is 64.3 Å². The Hall–Kier alpha value is -2.37. The van der Waals surface area contributed by atoms with Crippen LogP contribution in [0.3, 0.4) is 0 Å². The Kier molecular flexibility index (Phi) is 6.60. The van der Waals surface area contributed by atoms with Crippen molar-refractivity contribution in [3.8, 4) is 0 Å². The molecule has 1 saturated carbocycles. The quantitative estimate of drug-likeness (QED) is 0.772. The van der Waals surface area contributed by atoms with Crippen LogP contribution < -0.4 is 10.6 Å². The summed E-state index contributed by atoms with van der Waals surface area (Å²) in [7, 11) is 0. The van der Waals surface area contributed by atoms with E-state index in [-0.39, 0.29) is 35.5 Å². The molecule has 1 saturated heterocycles. The van der Waals surface area contributed by atoms with Gasteiger partial charge in [0.2, 0.25) is 11.8 Å². The minimum atomic E-state index is -0.159. The molecular formula is C23H33N3O3. The lowest BCUT2D eigenvalue weighted by Gasteiger charge is -2.31. The van der Waals surface area contributed by atoms with Crippen molar-refractivity contribution in [1.82, 2.24) is 15.5 Å². The summed E-state index contributed by atoms with van der Waals surface area (Å²) in [5, 5.41) is 5.88. The van der Waals surface area contributed by atoms with Gasteiger partial charge in [-0.05, 0) is 48.8 Å². The van der Waals surface area contributed by atoms with Crippen LogP contribution in [0, 0.1) is 5.92 Å². The summed E-state index contributed by atoms with van der Waals surface area (Å²) < 4.78 is 0. The Morgan fingerprint density at radius 3 is 2.17 bits per heavy atom. The molecule has 1 aromatic rings. The normalized spacial score (nSPS) is 17.7. The fourth-order valence-electron chi connectivity index (χ4n) is 3.60. The molecule has 158 valence electrons. The highest BCUT2D eigenvalue weighted by Gasteiger charge is 2.30. The first-order chi connectivity index (χ1) is 13.7. The first-order valence-corrected chi connectivity index (χ1v) is 10.7. The number of carbonyl (C=O) groups excluding carboxylic acids is 3. The maximum Gasteiger partial charge on any atom is 0.251 e. The second-order valence-electron chi connectivity index (χ2n) is 9.27. The summed E-state index contributed by atoms with van der Waals surface area (Å²) in [4.78, 5) is 38.6. The van der Waals surface area contributed by atoms with E-state index in [2.05, 4.69) is 31.4 Å². The first-order valence-electron chi connectivity index (χ1n) is 10.7. The van der Waals surface area contributed by atoms with Crippen LogP contribution in [-0.4, -0.2) is 48.3 Å². The van der Waals surface area contributed by atoms with Crippen molar-refractivity contribution < 1.29 is 14.4 Å². The average Bonchev–Trinajstić information content (AvgIpc) is 3.51. The van der Waals surface area contributed by atoms with Gasteiger partial charge >= 0.3 is 0 Å². The van der Waals surface area contributed by atoms with Gasteiger partial charge < -0.3 is 15.5 Å². The Bertz CT molecular complexity index is 740. The van der Waals surface area contributed by atoms with Crippen molar-refractivity contribution in [2.75, 3.05) is 19.6 Å². The van der Waals surface area contributed by atoms with E-state index in [1.807, 2.05) is 29.2 Å². The lowest BCUT2D eigenvalue weighted by atomic mass is 9.87. The number of hydrogen-bond donors (Lipinski definition) is 2. The van der Waals surface area contributed by atoms with E-state index in [9.17, 15) is 14.4 Å². The second-order valence-corrected chi connectivity index (χ2v) is 9.27. The molecule has 1 aromatic carbocycles. The standard InChI is InChI=1S/C23H33N3O3/c1-23(2,3)18-6-4-16(5-7-18)21(28)24-13-10-20(27)26-14-11-17(12-15-26)22(29)25-19-8-9-19/h4-7,17,19H,8-15H2,1-3H3,(H,24,28)(H,25,29). The third-order valence-corrected chi connectivity index (χ3v) is 5.78. The van der Waals surface area contributed by atoms with E-state index in [1.165, 1.54) is 5.56 Å². The van der Waals surface area contributed by atoms with Gasteiger partial charge in [0.05, 0.1) is 0 Å². The molecule has 1 aliphatic carbocycles. The van der Waals surface area contributed by atoms with Crippen molar-refractivity contribution in [2.24, 2.45) is 5.92 Å². The number of rotatable bonds is 6. The zero-order valence-electron chi connectivity index (χ0n) is 17.8. The van der Waals surface area contributed by atoms with Gasteiger partial charge in [-0.15, -0.1) is 0 Å². The summed E-state index contributed by atoms with van der Waals surface area (Å²) in [5.74, 6) is 0.0444. The Morgan fingerprint density at radius 1 is 1.00 bits per heavy atom. The predicted octanol–water partition coefficient (Wildman–Crippen LogP) is 2.62. The summed E-state index contributed by atoms with van der Waals surface area (Å²) in [6.07, 6.45) is 3.91. The third kappa shape index (κ3) is 6.05. The molecule has 0 unspecified atom stereocenters. The van der Waals surface area contributed by atoms with Gasteiger partial charge in [0.15, 0.2) is 0 Å². The minimum Gasteiger partial charge on any atom is -0.353 e. The van der Waals surface area contributed by atoms with Crippen LogP contribution in [0.2, 0.25) is 0 Å². The van der Waals surface area contributed by atoms with Gasteiger partial charge in [-0.2, -0.15) is 0 Å². The van der Waals surface area contributed by atoms with Gasteiger partial charge in [0.25, 0.3) is 5.91 Å². The number of nitrogens with zero attached hydrogens (tertiary/aromatic N) is 1. The molecule has 2 aliphatic rings. The molecule has 0 aromatic heterocycles. The van der Waals surface area contributed by atoms with E-state index in [4.69, 9.17) is 0 Å². The Labute approximate surface area is 173 Å². The van der Waals surface area contributed by atoms with Crippen molar-refractivity contribution in [1.29, 1.82) is 0 Å². The molecule has 0 radical (unpaired) electrons. The summed E-state index contributed by atoms with van der Waals surface area (Å²) >= 11 is 0. The molecule has 2 fully saturated rings. The molecule has 2 N–H and O–H groups in total. The number of piperidine rings is 1.